The van der Waals surface area contributed by atoms with Crippen molar-refractivity contribution in [1.29, 1.82) is 0 Å². The largest absolute Gasteiger partial charge is 0.453 e. The average Bonchev–Trinajstić information content (AvgIpc) is 3.42. The topological polar surface area (TPSA) is 47.6 Å². The molecule has 144 valence electrons. The summed E-state index contributed by atoms with van der Waals surface area (Å²) in [5.74, 6) is 0. The number of ether oxygens (including phenoxy) is 1. The van der Waals surface area contributed by atoms with Crippen LogP contribution in [0.4, 0.5) is 4.79 Å². The van der Waals surface area contributed by atoms with Crippen LogP contribution < -0.4 is 15.7 Å². The number of rotatable bonds is 6. The van der Waals surface area contributed by atoms with Crippen molar-refractivity contribution in [3.05, 3.63) is 60.7 Å². The highest BCUT2D eigenvalue weighted by Crippen LogP contribution is 2.41. The fourth-order valence-electron chi connectivity index (χ4n) is 3.73. The van der Waals surface area contributed by atoms with Crippen LogP contribution in [0.15, 0.2) is 60.7 Å². The van der Waals surface area contributed by atoms with Crippen LogP contribution in [0.25, 0.3) is 0 Å². The van der Waals surface area contributed by atoms with E-state index >= 15 is 0 Å². The highest BCUT2D eigenvalue weighted by molar-refractivity contribution is 6.99. The molecular weight excluding hydrogens is 354 g/mol. The van der Waals surface area contributed by atoms with Crippen molar-refractivity contribution >= 4 is 24.8 Å². The molecule has 0 saturated heterocycles. The van der Waals surface area contributed by atoms with E-state index in [2.05, 4.69) is 74.6 Å². The molecule has 5 heteroatoms. The molecule has 0 aromatic heterocycles. The Labute approximate surface area is 163 Å². The van der Waals surface area contributed by atoms with Crippen molar-refractivity contribution in [3.63, 3.8) is 0 Å². The molecule has 1 fully saturated rings. The van der Waals surface area contributed by atoms with Gasteiger partial charge in [0.2, 0.25) is 0 Å². The van der Waals surface area contributed by atoms with Gasteiger partial charge in [0.1, 0.15) is 0 Å². The molecule has 1 amide bonds. The summed E-state index contributed by atoms with van der Waals surface area (Å²) >= 11 is 0. The van der Waals surface area contributed by atoms with Gasteiger partial charge in [-0.15, -0.1) is 0 Å². The Kier molecular flexibility index (Phi) is 5.45. The summed E-state index contributed by atoms with van der Waals surface area (Å²) in [5, 5.41) is 5.40. The number of hydrogen-bond acceptors (Lipinski definition) is 3. The van der Waals surface area contributed by atoms with Gasteiger partial charge in [0.15, 0.2) is 0 Å². The number of alkyl carbamates (subject to hydrolysis) is 1. The Balaban J connectivity index is 2.01. The first-order valence-electron chi connectivity index (χ1n) is 9.44. The van der Waals surface area contributed by atoms with Gasteiger partial charge in [-0.2, -0.15) is 0 Å². The Morgan fingerprint density at radius 3 is 1.85 bits per heavy atom. The Hall–Kier alpha value is -2.11. The van der Waals surface area contributed by atoms with Gasteiger partial charge in [0.05, 0.1) is 19.3 Å². The summed E-state index contributed by atoms with van der Waals surface area (Å²) in [6.07, 6.45) is 1.44. The lowest BCUT2D eigenvalue weighted by Gasteiger charge is -2.43. The zero-order chi connectivity index (χ0) is 19.5. The zero-order valence-electron chi connectivity index (χ0n) is 16.6. The number of benzene rings is 2. The van der Waals surface area contributed by atoms with Crippen LogP contribution in [0.3, 0.4) is 0 Å². The molecule has 2 aromatic carbocycles. The standard InChI is InChI=1S/C22H29NO3Si/c1-21(2,3)27(18-11-7-5-8-12-18,19-13-9-6-10-14-19)26-17-22(15-16-22)23-20(24)25-4/h5-14H,15-17H2,1-4H3,(H,23,24). The van der Waals surface area contributed by atoms with E-state index < -0.39 is 14.4 Å². The molecule has 0 heterocycles. The zero-order valence-corrected chi connectivity index (χ0v) is 17.6. The Morgan fingerprint density at radius 1 is 1.00 bits per heavy atom. The van der Waals surface area contributed by atoms with Crippen molar-refractivity contribution in [2.24, 2.45) is 0 Å². The molecule has 0 radical (unpaired) electrons. The van der Waals surface area contributed by atoms with Gasteiger partial charge >= 0.3 is 6.09 Å². The average molecular weight is 384 g/mol. The first-order chi connectivity index (χ1) is 12.8. The van der Waals surface area contributed by atoms with E-state index in [9.17, 15) is 4.79 Å². The molecule has 0 bridgehead atoms. The summed E-state index contributed by atoms with van der Waals surface area (Å²) in [6.45, 7) is 7.26. The second-order valence-corrected chi connectivity index (χ2v) is 12.7. The van der Waals surface area contributed by atoms with Crippen LogP contribution in [0.1, 0.15) is 33.6 Å². The minimum atomic E-state index is -2.57. The Bertz CT molecular complexity index is 728. The third-order valence-electron chi connectivity index (χ3n) is 5.39. The van der Waals surface area contributed by atoms with E-state index in [0.29, 0.717) is 6.61 Å². The van der Waals surface area contributed by atoms with Crippen LogP contribution in [0.5, 0.6) is 0 Å². The molecule has 1 N–H and O–H groups in total. The second-order valence-electron chi connectivity index (χ2n) is 8.35. The van der Waals surface area contributed by atoms with E-state index in [0.717, 1.165) is 12.8 Å². The maximum atomic E-state index is 11.8. The predicted octanol–water partition coefficient (Wildman–Crippen LogP) is 3.45. The van der Waals surface area contributed by atoms with E-state index in [1.807, 2.05) is 12.1 Å². The number of amides is 1. The smallest absolute Gasteiger partial charge is 0.407 e. The number of hydrogen-bond donors (Lipinski definition) is 1. The van der Waals surface area contributed by atoms with Gasteiger partial charge in [0.25, 0.3) is 8.32 Å². The quantitative estimate of drug-likeness (QED) is 0.777. The fraction of sp³-hybridized carbons (Fsp3) is 0.409. The van der Waals surface area contributed by atoms with Crippen LogP contribution in [0.2, 0.25) is 5.04 Å². The summed E-state index contributed by atoms with van der Waals surface area (Å²) < 4.78 is 11.7. The second kappa shape index (κ2) is 7.48. The third kappa shape index (κ3) is 3.94. The molecule has 0 atom stereocenters. The van der Waals surface area contributed by atoms with E-state index in [1.165, 1.54) is 17.5 Å². The number of nitrogens with one attached hydrogen (secondary N) is 1. The minimum Gasteiger partial charge on any atom is -0.453 e. The molecule has 2 aromatic rings. The first-order valence-corrected chi connectivity index (χ1v) is 11.3. The molecule has 0 spiro atoms. The lowest BCUT2D eigenvalue weighted by atomic mass is 10.2. The number of carbonyl (C=O) groups excluding carboxylic acids is 1. The Morgan fingerprint density at radius 2 is 1.48 bits per heavy atom. The SMILES string of the molecule is COC(=O)NC1(CO[Si](c2ccccc2)(c2ccccc2)C(C)(C)C)CC1. The predicted molar refractivity (Wildman–Crippen MR) is 111 cm³/mol. The van der Waals surface area contributed by atoms with Crippen LogP contribution in [-0.4, -0.2) is 33.7 Å². The van der Waals surface area contributed by atoms with E-state index in [4.69, 9.17) is 9.16 Å². The molecule has 0 aliphatic heterocycles. The lowest BCUT2D eigenvalue weighted by molar-refractivity contribution is 0.155. The maximum absolute atomic E-state index is 11.8. The van der Waals surface area contributed by atoms with Crippen molar-refractivity contribution in [3.8, 4) is 0 Å². The molecule has 1 saturated carbocycles. The molecule has 1 aliphatic carbocycles. The van der Waals surface area contributed by atoms with Crippen LogP contribution in [-0.2, 0) is 9.16 Å². The molecule has 3 rings (SSSR count). The summed E-state index contributed by atoms with van der Waals surface area (Å²) in [6, 6.07) is 21.1. The normalized spacial score (nSPS) is 15.9. The van der Waals surface area contributed by atoms with Gasteiger partial charge in [-0.25, -0.2) is 4.79 Å². The van der Waals surface area contributed by atoms with Gasteiger partial charge in [-0.1, -0.05) is 81.4 Å². The molecule has 1 aliphatic rings. The van der Waals surface area contributed by atoms with E-state index in [1.54, 1.807) is 0 Å². The van der Waals surface area contributed by atoms with Gasteiger partial charge in [-0.3, -0.25) is 0 Å². The lowest BCUT2D eigenvalue weighted by Crippen LogP contribution is -2.67. The molecule has 4 nitrogen and oxygen atoms in total. The van der Waals surface area contributed by atoms with Gasteiger partial charge < -0.3 is 14.5 Å². The molecule has 0 unspecified atom stereocenters. The maximum Gasteiger partial charge on any atom is 0.407 e. The summed E-state index contributed by atoms with van der Waals surface area (Å²) in [4.78, 5) is 11.8. The third-order valence-corrected chi connectivity index (χ3v) is 10.4. The number of methoxy groups -OCH3 is 1. The van der Waals surface area contributed by atoms with Gasteiger partial charge in [-0.05, 0) is 28.3 Å². The van der Waals surface area contributed by atoms with Crippen molar-refractivity contribution in [2.75, 3.05) is 13.7 Å². The highest BCUT2D eigenvalue weighted by Gasteiger charge is 2.53. The number of carbonyl (C=O) groups is 1. The minimum absolute atomic E-state index is 0.0724. The highest BCUT2D eigenvalue weighted by atomic mass is 28.4. The summed E-state index contributed by atoms with van der Waals surface area (Å²) in [7, 11) is -1.18. The molecular formula is C22H29NO3Si. The van der Waals surface area contributed by atoms with Gasteiger partial charge in [0, 0.05) is 0 Å². The van der Waals surface area contributed by atoms with Crippen LogP contribution in [0, 0.1) is 0 Å². The van der Waals surface area contributed by atoms with Crippen molar-refractivity contribution < 1.29 is 14.0 Å². The summed E-state index contributed by atoms with van der Waals surface area (Å²) in [5.41, 5.74) is -0.305. The van der Waals surface area contributed by atoms with E-state index in [-0.39, 0.29) is 10.6 Å². The molecule has 27 heavy (non-hydrogen) atoms. The fourth-order valence-corrected chi connectivity index (χ4v) is 8.38. The first kappa shape index (κ1) is 19.6. The monoisotopic (exact) mass is 383 g/mol. The van der Waals surface area contributed by atoms with Crippen molar-refractivity contribution in [1.82, 2.24) is 5.32 Å². The van der Waals surface area contributed by atoms with Crippen molar-refractivity contribution in [2.45, 2.75) is 44.2 Å². The van der Waals surface area contributed by atoms with Crippen LogP contribution >= 0.6 is 0 Å².